The number of anilines is 1. The zero-order valence-corrected chi connectivity index (χ0v) is 11.8. The Labute approximate surface area is 118 Å². The maximum atomic E-state index is 11.6. The quantitative estimate of drug-likeness (QED) is 0.748. The van der Waals surface area contributed by atoms with Crippen molar-refractivity contribution < 1.29 is 9.53 Å². The molecule has 0 radical (unpaired) electrons. The first-order valence-corrected chi connectivity index (χ1v) is 6.45. The summed E-state index contributed by atoms with van der Waals surface area (Å²) < 4.78 is 5.03. The van der Waals surface area contributed by atoms with Gasteiger partial charge in [-0.3, -0.25) is 4.79 Å². The lowest BCUT2D eigenvalue weighted by molar-refractivity contribution is 0.0950. The van der Waals surface area contributed by atoms with Crippen molar-refractivity contribution in [3.63, 3.8) is 0 Å². The molecule has 20 heavy (non-hydrogen) atoms. The van der Waals surface area contributed by atoms with E-state index in [9.17, 15) is 4.79 Å². The Hall–Kier alpha value is -2.20. The molecule has 7 nitrogen and oxygen atoms in total. The van der Waals surface area contributed by atoms with E-state index in [1.807, 2.05) is 11.8 Å². The topological polar surface area (TPSA) is 91.1 Å². The Morgan fingerprint density at radius 1 is 1.45 bits per heavy atom. The maximum absolute atomic E-state index is 11.6. The molecule has 0 fully saturated rings. The molecule has 1 heterocycles. The summed E-state index contributed by atoms with van der Waals surface area (Å²) in [7, 11) is 1.62. The van der Waals surface area contributed by atoms with E-state index >= 15 is 0 Å². The highest BCUT2D eigenvalue weighted by atomic mass is 16.5. The molecule has 0 aliphatic carbocycles. The van der Waals surface area contributed by atoms with Gasteiger partial charge in [-0.05, 0) is 19.1 Å². The van der Waals surface area contributed by atoms with Gasteiger partial charge in [-0.2, -0.15) is 5.26 Å². The van der Waals surface area contributed by atoms with Gasteiger partial charge in [0.2, 0.25) is 0 Å². The molecule has 108 valence electrons. The Morgan fingerprint density at radius 2 is 2.25 bits per heavy atom. The van der Waals surface area contributed by atoms with Crippen LogP contribution in [0.2, 0.25) is 0 Å². The first-order chi connectivity index (χ1) is 9.72. The van der Waals surface area contributed by atoms with Gasteiger partial charge in [0.15, 0.2) is 11.5 Å². The van der Waals surface area contributed by atoms with Crippen LogP contribution < -0.4 is 10.2 Å². The van der Waals surface area contributed by atoms with Crippen LogP contribution in [0.1, 0.15) is 23.8 Å². The number of carbonyl (C=O) groups excluding carboxylic acids is 1. The second-order valence-electron chi connectivity index (χ2n) is 4.02. The van der Waals surface area contributed by atoms with Crippen molar-refractivity contribution in [3.05, 3.63) is 17.8 Å². The summed E-state index contributed by atoms with van der Waals surface area (Å²) in [4.78, 5) is 13.5. The molecule has 1 N–H and O–H groups in total. The molecule has 0 spiro atoms. The number of methoxy groups -OCH3 is 1. The van der Waals surface area contributed by atoms with E-state index in [0.717, 1.165) is 0 Å². The molecule has 0 atom stereocenters. The van der Waals surface area contributed by atoms with Crippen LogP contribution in [0.3, 0.4) is 0 Å². The van der Waals surface area contributed by atoms with Crippen molar-refractivity contribution in [3.8, 4) is 6.07 Å². The van der Waals surface area contributed by atoms with E-state index in [-0.39, 0.29) is 11.6 Å². The Balaban J connectivity index is 2.76. The van der Waals surface area contributed by atoms with Gasteiger partial charge >= 0.3 is 0 Å². The molecule has 1 amide bonds. The molecular weight excluding hydrogens is 258 g/mol. The van der Waals surface area contributed by atoms with E-state index in [1.165, 1.54) is 0 Å². The zero-order chi connectivity index (χ0) is 14.8. The Morgan fingerprint density at radius 3 is 2.80 bits per heavy atom. The fourth-order valence-corrected chi connectivity index (χ4v) is 1.59. The summed E-state index contributed by atoms with van der Waals surface area (Å²) in [5.41, 5.74) is 0.280. The minimum absolute atomic E-state index is 0.244. The summed E-state index contributed by atoms with van der Waals surface area (Å²) in [6.45, 7) is 4.09. The Kier molecular flexibility index (Phi) is 7.00. The van der Waals surface area contributed by atoms with Crippen molar-refractivity contribution in [2.24, 2.45) is 0 Å². The van der Waals surface area contributed by atoms with E-state index in [2.05, 4.69) is 21.6 Å². The molecule has 0 saturated carbocycles. The first kappa shape index (κ1) is 15.9. The highest BCUT2D eigenvalue weighted by Crippen LogP contribution is 2.10. The second-order valence-corrected chi connectivity index (χ2v) is 4.02. The third-order valence-corrected chi connectivity index (χ3v) is 2.60. The maximum Gasteiger partial charge on any atom is 0.271 e. The molecule has 1 aromatic rings. The van der Waals surface area contributed by atoms with Crippen molar-refractivity contribution in [1.29, 1.82) is 5.26 Å². The summed E-state index contributed by atoms with van der Waals surface area (Å²) in [6, 6.07) is 5.45. The third-order valence-electron chi connectivity index (χ3n) is 2.60. The number of aromatic nitrogens is 2. The normalized spacial score (nSPS) is 9.85. The lowest BCUT2D eigenvalue weighted by Gasteiger charge is -2.21. The van der Waals surface area contributed by atoms with Gasteiger partial charge in [-0.25, -0.2) is 0 Å². The van der Waals surface area contributed by atoms with Crippen LogP contribution in [-0.2, 0) is 4.74 Å². The lowest BCUT2D eigenvalue weighted by atomic mass is 10.3. The molecule has 7 heteroatoms. The molecular formula is C13H19N5O2. The van der Waals surface area contributed by atoms with Crippen molar-refractivity contribution in [2.45, 2.75) is 13.3 Å². The predicted molar refractivity (Wildman–Crippen MR) is 74.4 cm³/mol. The molecule has 0 saturated heterocycles. The van der Waals surface area contributed by atoms with Gasteiger partial charge in [0.1, 0.15) is 0 Å². The molecule has 0 aromatic carbocycles. The highest BCUT2D eigenvalue weighted by molar-refractivity contribution is 5.92. The standard InChI is InChI=1S/C13H19N5O2/c1-3-15-13(19)11-5-6-12(17-16-11)18(8-4-7-14)9-10-20-2/h5-6H,3-4,8-10H2,1-2H3,(H,15,19). The number of hydrogen-bond donors (Lipinski definition) is 1. The van der Waals surface area contributed by atoms with Crippen LogP contribution in [0.15, 0.2) is 12.1 Å². The number of amides is 1. The van der Waals surface area contributed by atoms with Crippen molar-refractivity contribution in [2.75, 3.05) is 38.3 Å². The summed E-state index contributed by atoms with van der Waals surface area (Å²) in [6.07, 6.45) is 0.392. The van der Waals surface area contributed by atoms with Gasteiger partial charge in [0, 0.05) is 26.7 Å². The van der Waals surface area contributed by atoms with Gasteiger partial charge < -0.3 is 15.0 Å². The summed E-state index contributed by atoms with van der Waals surface area (Å²) in [5, 5.41) is 19.3. The molecule has 1 rings (SSSR count). The third kappa shape index (κ3) is 4.82. The predicted octanol–water partition coefficient (Wildman–Crippen LogP) is 0.593. The second kappa shape index (κ2) is 8.82. The van der Waals surface area contributed by atoms with Crippen LogP contribution in [0.5, 0.6) is 0 Å². The van der Waals surface area contributed by atoms with Crippen LogP contribution >= 0.6 is 0 Å². The lowest BCUT2D eigenvalue weighted by Crippen LogP contribution is -2.30. The van der Waals surface area contributed by atoms with Gasteiger partial charge in [-0.1, -0.05) is 0 Å². The molecule has 0 unspecified atom stereocenters. The van der Waals surface area contributed by atoms with E-state index in [4.69, 9.17) is 10.00 Å². The molecule has 0 bridgehead atoms. The van der Waals surface area contributed by atoms with Crippen LogP contribution in [0.4, 0.5) is 5.82 Å². The van der Waals surface area contributed by atoms with E-state index < -0.39 is 0 Å². The van der Waals surface area contributed by atoms with Crippen molar-refractivity contribution in [1.82, 2.24) is 15.5 Å². The average Bonchev–Trinajstić information content (AvgIpc) is 2.48. The highest BCUT2D eigenvalue weighted by Gasteiger charge is 2.11. The monoisotopic (exact) mass is 277 g/mol. The number of nitrogens with one attached hydrogen (secondary N) is 1. The largest absolute Gasteiger partial charge is 0.383 e. The number of nitrogens with zero attached hydrogens (tertiary/aromatic N) is 4. The zero-order valence-electron chi connectivity index (χ0n) is 11.8. The minimum atomic E-state index is -0.244. The Bertz CT molecular complexity index is 455. The molecule has 0 aliphatic heterocycles. The summed E-state index contributed by atoms with van der Waals surface area (Å²) >= 11 is 0. The molecule has 0 aliphatic rings. The summed E-state index contributed by atoms with van der Waals surface area (Å²) in [5.74, 6) is 0.386. The number of rotatable bonds is 8. The number of hydrogen-bond acceptors (Lipinski definition) is 6. The number of nitriles is 1. The van der Waals surface area contributed by atoms with Crippen LogP contribution in [0, 0.1) is 11.3 Å². The fourth-order valence-electron chi connectivity index (χ4n) is 1.59. The molecule has 1 aromatic heterocycles. The SMILES string of the molecule is CCNC(=O)c1ccc(N(CCC#N)CCOC)nn1. The fraction of sp³-hybridized carbons (Fsp3) is 0.538. The van der Waals surface area contributed by atoms with Crippen LogP contribution in [0.25, 0.3) is 0 Å². The van der Waals surface area contributed by atoms with Crippen LogP contribution in [-0.4, -0.2) is 49.5 Å². The first-order valence-electron chi connectivity index (χ1n) is 6.45. The average molecular weight is 277 g/mol. The van der Waals surface area contributed by atoms with Gasteiger partial charge in [0.25, 0.3) is 5.91 Å². The smallest absolute Gasteiger partial charge is 0.271 e. The van der Waals surface area contributed by atoms with Crippen molar-refractivity contribution >= 4 is 11.7 Å². The van der Waals surface area contributed by atoms with E-state index in [1.54, 1.807) is 19.2 Å². The number of ether oxygens (including phenoxy) is 1. The van der Waals surface area contributed by atoms with E-state index in [0.29, 0.717) is 38.5 Å². The van der Waals surface area contributed by atoms with Gasteiger partial charge in [0.05, 0.1) is 19.1 Å². The minimum Gasteiger partial charge on any atom is -0.383 e. The number of carbonyl (C=O) groups is 1. The van der Waals surface area contributed by atoms with Gasteiger partial charge in [-0.15, -0.1) is 10.2 Å².